The zero-order chi connectivity index (χ0) is 15.9. The molecule has 0 aliphatic carbocycles. The van der Waals surface area contributed by atoms with Crippen molar-refractivity contribution >= 4 is 50.0 Å². The highest BCUT2D eigenvalue weighted by Crippen LogP contribution is 2.41. The van der Waals surface area contributed by atoms with Gasteiger partial charge in [0.25, 0.3) is 0 Å². The SMILES string of the molecule is CCC(=O)N=C1S[C@H]2CS(=O)(=O)C[C@H]2N1c1ccc(Cl)cc1. The summed E-state index contributed by atoms with van der Waals surface area (Å²) in [7, 11) is -3.04. The van der Waals surface area contributed by atoms with Crippen molar-refractivity contribution in [3.8, 4) is 0 Å². The molecule has 0 unspecified atom stereocenters. The van der Waals surface area contributed by atoms with Crippen LogP contribution in [-0.2, 0) is 14.6 Å². The van der Waals surface area contributed by atoms with E-state index in [9.17, 15) is 13.2 Å². The fourth-order valence-electron chi connectivity index (χ4n) is 2.65. The van der Waals surface area contributed by atoms with Crippen LogP contribution in [0.25, 0.3) is 0 Å². The van der Waals surface area contributed by atoms with Gasteiger partial charge >= 0.3 is 0 Å². The van der Waals surface area contributed by atoms with E-state index in [1.54, 1.807) is 19.1 Å². The Labute approximate surface area is 138 Å². The Hall–Kier alpha value is -1.05. The standard InChI is InChI=1S/C14H15ClN2O3S2/c1-2-13(18)16-14-17(10-5-3-9(15)4-6-10)11-7-22(19,20)8-12(11)21-14/h3-6,11-12H,2,7-8H2,1H3/t11-,12+/m1/s1. The van der Waals surface area contributed by atoms with Crippen molar-refractivity contribution in [3.05, 3.63) is 29.3 Å². The van der Waals surface area contributed by atoms with Crippen molar-refractivity contribution in [1.29, 1.82) is 0 Å². The molecule has 1 amide bonds. The highest BCUT2D eigenvalue weighted by molar-refractivity contribution is 8.16. The largest absolute Gasteiger partial charge is 0.316 e. The van der Waals surface area contributed by atoms with Gasteiger partial charge in [-0.25, -0.2) is 8.42 Å². The monoisotopic (exact) mass is 358 g/mol. The number of halogens is 1. The Morgan fingerprint density at radius 3 is 2.68 bits per heavy atom. The van der Waals surface area contributed by atoms with E-state index in [1.165, 1.54) is 11.8 Å². The van der Waals surface area contributed by atoms with E-state index in [1.807, 2.05) is 17.0 Å². The number of amidine groups is 1. The maximum absolute atomic E-state index is 11.9. The van der Waals surface area contributed by atoms with Crippen molar-refractivity contribution in [3.63, 3.8) is 0 Å². The molecule has 0 aromatic heterocycles. The van der Waals surface area contributed by atoms with E-state index in [0.717, 1.165) is 5.69 Å². The molecule has 0 spiro atoms. The Balaban J connectivity index is 2.01. The second kappa shape index (κ2) is 5.86. The van der Waals surface area contributed by atoms with Gasteiger partial charge in [-0.2, -0.15) is 4.99 Å². The summed E-state index contributed by atoms with van der Waals surface area (Å²) in [5.41, 5.74) is 0.809. The lowest BCUT2D eigenvalue weighted by Gasteiger charge is -2.24. The molecule has 2 aliphatic rings. The zero-order valence-corrected chi connectivity index (χ0v) is 14.3. The van der Waals surface area contributed by atoms with Gasteiger partial charge in [0.15, 0.2) is 15.0 Å². The topological polar surface area (TPSA) is 66.8 Å². The summed E-state index contributed by atoms with van der Waals surface area (Å²) >= 11 is 7.29. The second-order valence-electron chi connectivity index (χ2n) is 5.29. The molecule has 3 rings (SSSR count). The highest BCUT2D eigenvalue weighted by Gasteiger charge is 2.49. The fraction of sp³-hybridized carbons (Fsp3) is 0.429. The lowest BCUT2D eigenvalue weighted by Crippen LogP contribution is -2.37. The molecule has 5 nitrogen and oxygen atoms in total. The summed E-state index contributed by atoms with van der Waals surface area (Å²) in [6.45, 7) is 1.75. The van der Waals surface area contributed by atoms with Crippen LogP contribution in [0.15, 0.2) is 29.3 Å². The predicted octanol–water partition coefficient (Wildman–Crippen LogP) is 2.35. The number of thioether (sulfide) groups is 1. The van der Waals surface area contributed by atoms with Gasteiger partial charge in [0, 0.05) is 22.4 Å². The van der Waals surface area contributed by atoms with Gasteiger partial charge in [0.1, 0.15) is 0 Å². The predicted molar refractivity (Wildman–Crippen MR) is 90.5 cm³/mol. The first-order chi connectivity index (χ1) is 10.4. The first-order valence-corrected chi connectivity index (χ1v) is 10.0. The van der Waals surface area contributed by atoms with Crippen LogP contribution in [-0.4, -0.2) is 42.3 Å². The Bertz CT molecular complexity index is 731. The maximum atomic E-state index is 11.9. The van der Waals surface area contributed by atoms with Crippen molar-refractivity contribution in [2.45, 2.75) is 24.6 Å². The molecule has 2 fully saturated rings. The van der Waals surface area contributed by atoms with Gasteiger partial charge in [0.05, 0.1) is 17.5 Å². The number of hydrogen-bond donors (Lipinski definition) is 0. The summed E-state index contributed by atoms with van der Waals surface area (Å²) in [6, 6.07) is 6.96. The van der Waals surface area contributed by atoms with Gasteiger partial charge < -0.3 is 4.90 Å². The minimum Gasteiger partial charge on any atom is -0.316 e. The Morgan fingerprint density at radius 2 is 2.05 bits per heavy atom. The molecule has 0 N–H and O–H groups in total. The number of fused-ring (bicyclic) bond motifs is 1. The normalized spacial score (nSPS) is 28.1. The minimum atomic E-state index is -3.04. The molecule has 1 aromatic rings. The van der Waals surface area contributed by atoms with E-state index in [4.69, 9.17) is 11.6 Å². The van der Waals surface area contributed by atoms with Crippen LogP contribution in [0.5, 0.6) is 0 Å². The third-order valence-electron chi connectivity index (χ3n) is 3.69. The smallest absolute Gasteiger partial charge is 0.247 e. The van der Waals surface area contributed by atoms with Crippen molar-refractivity contribution in [2.24, 2.45) is 4.99 Å². The molecule has 2 atom stereocenters. The molecule has 118 valence electrons. The van der Waals surface area contributed by atoms with Gasteiger partial charge in [-0.3, -0.25) is 4.79 Å². The second-order valence-corrected chi connectivity index (χ2v) is 9.09. The molecular weight excluding hydrogens is 344 g/mol. The molecule has 1 aromatic carbocycles. The number of benzene rings is 1. The third-order valence-corrected chi connectivity index (χ3v) is 7.16. The number of carbonyl (C=O) groups excluding carboxylic acids is 1. The average molecular weight is 359 g/mol. The minimum absolute atomic E-state index is 0.0796. The van der Waals surface area contributed by atoms with Crippen LogP contribution in [0.1, 0.15) is 13.3 Å². The van der Waals surface area contributed by atoms with Crippen LogP contribution in [0, 0.1) is 0 Å². The summed E-state index contributed by atoms with van der Waals surface area (Å²) in [5.74, 6) is 0.0163. The number of nitrogens with zero attached hydrogens (tertiary/aromatic N) is 2. The van der Waals surface area contributed by atoms with Crippen molar-refractivity contribution in [1.82, 2.24) is 0 Å². The van der Waals surface area contributed by atoms with Crippen LogP contribution in [0.3, 0.4) is 0 Å². The number of aliphatic imine (C=N–C) groups is 1. The lowest BCUT2D eigenvalue weighted by molar-refractivity contribution is -0.117. The molecule has 2 aliphatic heterocycles. The molecular formula is C14H15ClN2O3S2. The number of anilines is 1. The van der Waals surface area contributed by atoms with E-state index in [0.29, 0.717) is 16.6 Å². The van der Waals surface area contributed by atoms with Crippen LogP contribution in [0.4, 0.5) is 5.69 Å². The molecule has 8 heteroatoms. The van der Waals surface area contributed by atoms with E-state index in [2.05, 4.69) is 4.99 Å². The average Bonchev–Trinajstić information content (AvgIpc) is 2.91. The number of carbonyl (C=O) groups is 1. The van der Waals surface area contributed by atoms with E-state index < -0.39 is 9.84 Å². The molecule has 0 bridgehead atoms. The first-order valence-electron chi connectivity index (χ1n) is 6.93. The quantitative estimate of drug-likeness (QED) is 0.811. The number of sulfone groups is 1. The Kier molecular flexibility index (Phi) is 4.22. The molecule has 22 heavy (non-hydrogen) atoms. The molecule has 2 saturated heterocycles. The molecule has 2 heterocycles. The van der Waals surface area contributed by atoms with Crippen molar-refractivity contribution < 1.29 is 13.2 Å². The zero-order valence-electron chi connectivity index (χ0n) is 11.9. The van der Waals surface area contributed by atoms with E-state index >= 15 is 0 Å². The summed E-state index contributed by atoms with van der Waals surface area (Å²) in [5, 5.41) is 1.11. The molecule has 0 saturated carbocycles. The third kappa shape index (κ3) is 3.02. The van der Waals surface area contributed by atoms with Gasteiger partial charge in [-0.1, -0.05) is 30.3 Å². The first kappa shape index (κ1) is 15.8. The Morgan fingerprint density at radius 1 is 1.36 bits per heavy atom. The highest BCUT2D eigenvalue weighted by atomic mass is 35.5. The van der Waals surface area contributed by atoms with Gasteiger partial charge in [0.2, 0.25) is 5.91 Å². The summed E-state index contributed by atoms with van der Waals surface area (Å²) in [4.78, 5) is 17.7. The van der Waals surface area contributed by atoms with Crippen LogP contribution in [0.2, 0.25) is 5.02 Å². The summed E-state index contributed by atoms with van der Waals surface area (Å²) < 4.78 is 23.8. The lowest BCUT2D eigenvalue weighted by atomic mass is 10.2. The van der Waals surface area contributed by atoms with Crippen LogP contribution < -0.4 is 4.90 Å². The van der Waals surface area contributed by atoms with Crippen LogP contribution >= 0.6 is 23.4 Å². The number of rotatable bonds is 2. The fourth-order valence-corrected chi connectivity index (χ4v) is 6.71. The maximum Gasteiger partial charge on any atom is 0.247 e. The number of amides is 1. The van der Waals surface area contributed by atoms with Gasteiger partial charge in [-0.15, -0.1) is 0 Å². The van der Waals surface area contributed by atoms with E-state index in [-0.39, 0.29) is 28.7 Å². The molecule has 0 radical (unpaired) electrons. The summed E-state index contributed by atoms with van der Waals surface area (Å²) in [6.07, 6.45) is 0.326. The van der Waals surface area contributed by atoms with Crippen molar-refractivity contribution in [2.75, 3.05) is 16.4 Å². The van der Waals surface area contributed by atoms with Gasteiger partial charge in [-0.05, 0) is 24.3 Å². The number of hydrogen-bond acceptors (Lipinski definition) is 4.